The van der Waals surface area contributed by atoms with Gasteiger partial charge in [-0.05, 0) is 13.8 Å². The van der Waals surface area contributed by atoms with Gasteiger partial charge in [-0.15, -0.1) is 0 Å². The molecule has 0 aliphatic rings. The van der Waals surface area contributed by atoms with Gasteiger partial charge in [0.25, 0.3) is 0 Å². The topological polar surface area (TPSA) is 77.0 Å². The molecule has 6 heteroatoms. The maximum absolute atomic E-state index is 12.0. The Bertz CT molecular complexity index is 608. The highest BCUT2D eigenvalue weighted by Gasteiger charge is 2.12. The fraction of sp³-hybridized carbons (Fsp3) is 0.308. The average Bonchev–Trinajstić information content (AvgIpc) is 2.46. The van der Waals surface area contributed by atoms with E-state index in [1.165, 1.54) is 9.58 Å². The standard InChI is InChI=1S/C13H17N5O/c1-3-17-11(10-8-6-5-7-9-10)15-12(16-13(17)19)18(14)4-2/h5-9H,3-4,14H2,1-2H3. The fourth-order valence-electron chi connectivity index (χ4n) is 1.78. The molecular formula is C13H17N5O. The summed E-state index contributed by atoms with van der Waals surface area (Å²) in [4.78, 5) is 20.3. The summed E-state index contributed by atoms with van der Waals surface area (Å²) in [5.41, 5.74) is 0.532. The van der Waals surface area contributed by atoms with Gasteiger partial charge in [-0.2, -0.15) is 9.97 Å². The molecule has 6 nitrogen and oxygen atoms in total. The summed E-state index contributed by atoms with van der Waals surface area (Å²) < 4.78 is 1.53. The van der Waals surface area contributed by atoms with Crippen molar-refractivity contribution in [3.63, 3.8) is 0 Å². The van der Waals surface area contributed by atoms with E-state index < -0.39 is 0 Å². The molecule has 0 saturated heterocycles. The monoisotopic (exact) mass is 259 g/mol. The zero-order valence-electron chi connectivity index (χ0n) is 11.1. The molecule has 1 heterocycles. The lowest BCUT2D eigenvalue weighted by molar-refractivity contribution is 0.674. The minimum Gasteiger partial charge on any atom is -0.279 e. The van der Waals surface area contributed by atoms with Crippen LogP contribution in [0.15, 0.2) is 35.1 Å². The van der Waals surface area contributed by atoms with Gasteiger partial charge in [-0.1, -0.05) is 30.3 Å². The summed E-state index contributed by atoms with van der Waals surface area (Å²) in [5.74, 6) is 6.59. The van der Waals surface area contributed by atoms with Crippen molar-refractivity contribution in [2.75, 3.05) is 11.6 Å². The van der Waals surface area contributed by atoms with E-state index in [9.17, 15) is 4.79 Å². The third kappa shape index (κ3) is 2.63. The molecule has 2 N–H and O–H groups in total. The zero-order chi connectivity index (χ0) is 13.8. The number of hydrogen-bond donors (Lipinski definition) is 1. The van der Waals surface area contributed by atoms with Gasteiger partial charge in [0.05, 0.1) is 0 Å². The van der Waals surface area contributed by atoms with Gasteiger partial charge in [-0.3, -0.25) is 9.58 Å². The predicted molar refractivity (Wildman–Crippen MR) is 74.6 cm³/mol. The van der Waals surface area contributed by atoms with Gasteiger partial charge in [0.2, 0.25) is 5.95 Å². The lowest BCUT2D eigenvalue weighted by atomic mass is 10.2. The van der Waals surface area contributed by atoms with E-state index in [2.05, 4.69) is 9.97 Å². The molecule has 0 spiro atoms. The fourth-order valence-corrected chi connectivity index (χ4v) is 1.78. The molecule has 0 fully saturated rings. The summed E-state index contributed by atoms with van der Waals surface area (Å²) in [6, 6.07) is 9.54. The van der Waals surface area contributed by atoms with E-state index in [0.717, 1.165) is 5.56 Å². The molecule has 1 aromatic heterocycles. The van der Waals surface area contributed by atoms with Crippen LogP contribution in [0.25, 0.3) is 11.4 Å². The highest BCUT2D eigenvalue weighted by atomic mass is 16.1. The van der Waals surface area contributed by atoms with E-state index in [-0.39, 0.29) is 11.6 Å². The summed E-state index contributed by atoms with van der Waals surface area (Å²) in [7, 11) is 0. The second-order valence-electron chi connectivity index (χ2n) is 4.03. The van der Waals surface area contributed by atoms with Crippen LogP contribution in [-0.2, 0) is 6.54 Å². The smallest absolute Gasteiger partial charge is 0.279 e. The van der Waals surface area contributed by atoms with Crippen molar-refractivity contribution in [2.45, 2.75) is 20.4 Å². The van der Waals surface area contributed by atoms with Crippen molar-refractivity contribution in [1.82, 2.24) is 14.5 Å². The quantitative estimate of drug-likeness (QED) is 0.655. The van der Waals surface area contributed by atoms with Crippen LogP contribution < -0.4 is 16.5 Å². The Hall–Kier alpha value is -2.21. The molecule has 2 rings (SSSR count). The number of aromatic nitrogens is 3. The van der Waals surface area contributed by atoms with Crippen molar-refractivity contribution in [3.8, 4) is 11.4 Å². The van der Waals surface area contributed by atoms with Crippen molar-refractivity contribution in [3.05, 3.63) is 40.8 Å². The molecule has 0 bridgehead atoms. The number of hydrazine groups is 1. The summed E-state index contributed by atoms with van der Waals surface area (Å²) in [6.07, 6.45) is 0. The van der Waals surface area contributed by atoms with Crippen LogP contribution in [0, 0.1) is 0 Å². The molecule has 1 aromatic carbocycles. The normalized spacial score (nSPS) is 10.5. The Morgan fingerprint density at radius 1 is 1.21 bits per heavy atom. The van der Waals surface area contributed by atoms with E-state index in [1.807, 2.05) is 44.2 Å². The second kappa shape index (κ2) is 5.62. The lowest BCUT2D eigenvalue weighted by Gasteiger charge is -2.16. The summed E-state index contributed by atoms with van der Waals surface area (Å²) in [5, 5.41) is 1.36. The number of anilines is 1. The molecule has 0 atom stereocenters. The van der Waals surface area contributed by atoms with Crippen LogP contribution >= 0.6 is 0 Å². The Kier molecular flexibility index (Phi) is 3.91. The number of benzene rings is 1. The van der Waals surface area contributed by atoms with Crippen molar-refractivity contribution in [2.24, 2.45) is 5.84 Å². The van der Waals surface area contributed by atoms with Gasteiger partial charge in [0.15, 0.2) is 0 Å². The number of hydrogen-bond acceptors (Lipinski definition) is 5. The molecular weight excluding hydrogens is 242 g/mol. The Morgan fingerprint density at radius 2 is 1.89 bits per heavy atom. The molecule has 0 aliphatic carbocycles. The van der Waals surface area contributed by atoms with E-state index in [1.54, 1.807) is 0 Å². The van der Waals surface area contributed by atoms with E-state index in [0.29, 0.717) is 18.9 Å². The molecule has 0 unspecified atom stereocenters. The number of nitrogens with two attached hydrogens (primary N) is 1. The Labute approximate surface area is 111 Å². The average molecular weight is 259 g/mol. The predicted octanol–water partition coefficient (Wildman–Crippen LogP) is 1.03. The first-order valence-electron chi connectivity index (χ1n) is 6.23. The first kappa shape index (κ1) is 13.2. The van der Waals surface area contributed by atoms with Gasteiger partial charge in [-0.25, -0.2) is 10.6 Å². The van der Waals surface area contributed by atoms with Crippen LogP contribution in [0.5, 0.6) is 0 Å². The third-order valence-corrected chi connectivity index (χ3v) is 2.83. The molecule has 0 radical (unpaired) electrons. The lowest BCUT2D eigenvalue weighted by Crippen LogP contribution is -2.36. The minimum atomic E-state index is -0.338. The Balaban J connectivity index is 2.64. The van der Waals surface area contributed by atoms with Crippen LogP contribution in [-0.4, -0.2) is 21.1 Å². The molecule has 2 aromatic rings. The Morgan fingerprint density at radius 3 is 2.47 bits per heavy atom. The summed E-state index contributed by atoms with van der Waals surface area (Å²) in [6.45, 7) is 4.80. The third-order valence-electron chi connectivity index (χ3n) is 2.83. The van der Waals surface area contributed by atoms with Gasteiger partial charge >= 0.3 is 5.69 Å². The van der Waals surface area contributed by atoms with Crippen molar-refractivity contribution >= 4 is 5.95 Å². The van der Waals surface area contributed by atoms with E-state index >= 15 is 0 Å². The van der Waals surface area contributed by atoms with Crippen LogP contribution in [0.3, 0.4) is 0 Å². The van der Waals surface area contributed by atoms with Gasteiger partial charge < -0.3 is 0 Å². The molecule has 0 amide bonds. The molecule has 0 aliphatic heterocycles. The van der Waals surface area contributed by atoms with Crippen molar-refractivity contribution in [1.29, 1.82) is 0 Å². The minimum absolute atomic E-state index is 0.246. The van der Waals surface area contributed by atoms with Crippen molar-refractivity contribution < 1.29 is 0 Å². The SMILES string of the molecule is CCN(N)c1nc(-c2ccccc2)n(CC)c(=O)n1. The summed E-state index contributed by atoms with van der Waals surface area (Å²) >= 11 is 0. The second-order valence-corrected chi connectivity index (χ2v) is 4.03. The highest BCUT2D eigenvalue weighted by molar-refractivity contribution is 5.56. The van der Waals surface area contributed by atoms with Gasteiger partial charge in [0.1, 0.15) is 5.82 Å². The number of rotatable bonds is 4. The molecule has 19 heavy (non-hydrogen) atoms. The van der Waals surface area contributed by atoms with Crippen LogP contribution in [0.1, 0.15) is 13.8 Å². The molecule has 0 saturated carbocycles. The highest BCUT2D eigenvalue weighted by Crippen LogP contribution is 2.16. The van der Waals surface area contributed by atoms with E-state index in [4.69, 9.17) is 5.84 Å². The first-order chi connectivity index (χ1) is 9.17. The molecule has 100 valence electrons. The maximum atomic E-state index is 12.0. The van der Waals surface area contributed by atoms with Gasteiger partial charge in [0, 0.05) is 18.7 Å². The zero-order valence-corrected chi connectivity index (χ0v) is 11.1. The maximum Gasteiger partial charge on any atom is 0.352 e. The van der Waals surface area contributed by atoms with Crippen LogP contribution in [0.4, 0.5) is 5.95 Å². The largest absolute Gasteiger partial charge is 0.352 e. The van der Waals surface area contributed by atoms with Crippen LogP contribution in [0.2, 0.25) is 0 Å². The number of nitrogens with zero attached hydrogens (tertiary/aromatic N) is 4. The first-order valence-corrected chi connectivity index (χ1v) is 6.23.